The van der Waals surface area contributed by atoms with Gasteiger partial charge in [-0.1, -0.05) is 65.4 Å². The second-order valence-electron chi connectivity index (χ2n) is 9.18. The fraction of sp³-hybridized carbons (Fsp3) is 0.133. The van der Waals surface area contributed by atoms with Crippen molar-refractivity contribution in [2.75, 3.05) is 11.9 Å². The first-order valence-electron chi connectivity index (χ1n) is 12.4. The molecular formula is C30H22FN3O4S. The van der Waals surface area contributed by atoms with E-state index in [2.05, 4.69) is 5.32 Å². The van der Waals surface area contributed by atoms with Crippen LogP contribution in [0.2, 0.25) is 0 Å². The predicted molar refractivity (Wildman–Crippen MR) is 146 cm³/mol. The topological polar surface area (TPSA) is 89.8 Å². The van der Waals surface area contributed by atoms with Crippen LogP contribution in [0.1, 0.15) is 35.2 Å². The number of thiazole rings is 1. The monoisotopic (exact) mass is 539 g/mol. The molecule has 39 heavy (non-hydrogen) atoms. The van der Waals surface area contributed by atoms with E-state index < -0.39 is 23.4 Å². The molecule has 3 aromatic carbocycles. The van der Waals surface area contributed by atoms with Gasteiger partial charge in [-0.05, 0) is 43.7 Å². The van der Waals surface area contributed by atoms with Crippen LogP contribution in [0.5, 0.6) is 0 Å². The molecule has 0 unspecified atom stereocenters. The number of hydrogen-bond donors (Lipinski definition) is 1. The van der Waals surface area contributed by atoms with Crippen LogP contribution in [-0.2, 0) is 14.3 Å². The van der Waals surface area contributed by atoms with E-state index in [1.54, 1.807) is 13.0 Å². The van der Waals surface area contributed by atoms with E-state index in [4.69, 9.17) is 9.73 Å². The second-order valence-corrected chi connectivity index (χ2v) is 10.2. The molecule has 0 saturated heterocycles. The number of aryl methyl sites for hydroxylation is 1. The van der Waals surface area contributed by atoms with Gasteiger partial charge in [0.2, 0.25) is 0 Å². The zero-order chi connectivity index (χ0) is 27.3. The number of hydrogen-bond acceptors (Lipinski definition) is 6. The van der Waals surface area contributed by atoms with Crippen molar-refractivity contribution in [1.29, 1.82) is 0 Å². The van der Waals surface area contributed by atoms with Gasteiger partial charge in [0.25, 0.3) is 11.5 Å². The number of anilines is 1. The van der Waals surface area contributed by atoms with Crippen molar-refractivity contribution in [2.24, 2.45) is 4.99 Å². The average molecular weight is 540 g/mol. The van der Waals surface area contributed by atoms with Crippen molar-refractivity contribution in [3.63, 3.8) is 0 Å². The highest BCUT2D eigenvalue weighted by Crippen LogP contribution is 2.36. The Morgan fingerprint density at radius 1 is 1.08 bits per heavy atom. The number of nitrogens with zero attached hydrogens (tertiary/aromatic N) is 2. The summed E-state index contributed by atoms with van der Waals surface area (Å²) < 4.78 is 21.0. The quantitative estimate of drug-likeness (QED) is 0.401. The van der Waals surface area contributed by atoms with Crippen molar-refractivity contribution in [3.05, 3.63) is 126 Å². The molecule has 2 aliphatic heterocycles. The summed E-state index contributed by atoms with van der Waals surface area (Å²) in [7, 11) is 0. The molecule has 0 radical (unpaired) electrons. The number of esters is 1. The largest absolute Gasteiger partial charge is 0.463 e. The lowest BCUT2D eigenvalue weighted by atomic mass is 9.93. The van der Waals surface area contributed by atoms with Crippen LogP contribution in [-0.4, -0.2) is 23.1 Å². The number of rotatable bonds is 4. The molecule has 3 heterocycles. The Morgan fingerprint density at radius 2 is 1.82 bits per heavy atom. The Bertz CT molecular complexity index is 1870. The van der Waals surface area contributed by atoms with E-state index in [0.29, 0.717) is 32.9 Å². The highest BCUT2D eigenvalue weighted by Gasteiger charge is 2.36. The number of ether oxygens (including phenoxy) is 1. The lowest BCUT2D eigenvalue weighted by Gasteiger charge is -2.25. The van der Waals surface area contributed by atoms with Crippen molar-refractivity contribution in [2.45, 2.75) is 19.9 Å². The van der Waals surface area contributed by atoms with Crippen LogP contribution in [0, 0.1) is 12.7 Å². The number of carbonyl (C=O) groups excluding carboxylic acids is 2. The number of amides is 1. The maximum atomic E-state index is 14.1. The highest BCUT2D eigenvalue weighted by molar-refractivity contribution is 7.07. The van der Waals surface area contributed by atoms with Crippen molar-refractivity contribution in [1.82, 2.24) is 4.57 Å². The minimum atomic E-state index is -0.952. The maximum Gasteiger partial charge on any atom is 0.338 e. The zero-order valence-electron chi connectivity index (χ0n) is 21.0. The molecule has 194 valence electrons. The van der Waals surface area contributed by atoms with E-state index in [0.717, 1.165) is 16.9 Å². The molecule has 0 aliphatic carbocycles. The van der Waals surface area contributed by atoms with Gasteiger partial charge in [-0.15, -0.1) is 0 Å². The van der Waals surface area contributed by atoms with Gasteiger partial charge in [0.1, 0.15) is 10.3 Å². The number of halogens is 1. The Kier molecular flexibility index (Phi) is 6.07. The first-order chi connectivity index (χ1) is 18.9. The molecule has 0 fully saturated rings. The molecule has 1 atom stereocenters. The molecule has 1 aromatic heterocycles. The van der Waals surface area contributed by atoms with Crippen molar-refractivity contribution in [3.8, 4) is 0 Å². The minimum Gasteiger partial charge on any atom is -0.463 e. The van der Waals surface area contributed by atoms with Gasteiger partial charge < -0.3 is 10.1 Å². The smallest absolute Gasteiger partial charge is 0.338 e. The molecule has 7 nitrogen and oxygen atoms in total. The van der Waals surface area contributed by atoms with Gasteiger partial charge in [0.05, 0.1) is 29.5 Å². The van der Waals surface area contributed by atoms with Crippen LogP contribution >= 0.6 is 11.3 Å². The van der Waals surface area contributed by atoms with Gasteiger partial charge in [-0.25, -0.2) is 14.2 Å². The van der Waals surface area contributed by atoms with Crippen LogP contribution in [0.3, 0.4) is 0 Å². The Labute approximate surface area is 226 Å². The number of fused-ring (bicyclic) bond motifs is 2. The SMILES string of the molecule is CCOC(=O)C1=C(c2ccccc2)N=c2s/c(=C3\C(=O)Nc4ccc(C)cc43)c(=O)n2[C@H]1c1ccc(F)cc1. The summed E-state index contributed by atoms with van der Waals surface area (Å²) in [4.78, 5) is 45.8. The van der Waals surface area contributed by atoms with E-state index in [1.807, 2.05) is 49.4 Å². The third-order valence-corrected chi connectivity index (χ3v) is 7.74. The fourth-order valence-corrected chi connectivity index (χ4v) is 6.05. The normalized spacial score (nSPS) is 17.3. The van der Waals surface area contributed by atoms with Gasteiger partial charge in [0.15, 0.2) is 4.80 Å². The number of carbonyl (C=O) groups is 2. The van der Waals surface area contributed by atoms with Crippen LogP contribution < -0.4 is 20.2 Å². The summed E-state index contributed by atoms with van der Waals surface area (Å²) in [6.07, 6.45) is 0. The molecule has 9 heteroatoms. The van der Waals surface area contributed by atoms with E-state index in [1.165, 1.54) is 28.8 Å². The van der Waals surface area contributed by atoms with Crippen molar-refractivity contribution < 1.29 is 18.7 Å². The lowest BCUT2D eigenvalue weighted by Crippen LogP contribution is -2.40. The third-order valence-electron chi connectivity index (χ3n) is 6.68. The van der Waals surface area contributed by atoms with Crippen LogP contribution in [0.15, 0.2) is 88.2 Å². The molecule has 6 rings (SSSR count). The van der Waals surface area contributed by atoms with Gasteiger partial charge >= 0.3 is 5.97 Å². The minimum absolute atomic E-state index is 0.116. The summed E-state index contributed by atoms with van der Waals surface area (Å²) in [6, 6.07) is 19.4. The molecule has 0 saturated carbocycles. The van der Waals surface area contributed by atoms with E-state index in [9.17, 15) is 18.8 Å². The molecular weight excluding hydrogens is 517 g/mol. The van der Waals surface area contributed by atoms with Gasteiger partial charge in [-0.2, -0.15) is 0 Å². The fourth-order valence-electron chi connectivity index (χ4n) is 4.96. The predicted octanol–water partition coefficient (Wildman–Crippen LogP) is 3.71. The number of aromatic nitrogens is 1. The highest BCUT2D eigenvalue weighted by atomic mass is 32.1. The maximum absolute atomic E-state index is 14.1. The second kappa shape index (κ2) is 9.59. The molecule has 0 spiro atoms. The summed E-state index contributed by atoms with van der Waals surface area (Å²) in [6.45, 7) is 3.72. The van der Waals surface area contributed by atoms with Gasteiger partial charge in [0, 0.05) is 16.8 Å². The number of benzene rings is 3. The van der Waals surface area contributed by atoms with E-state index in [-0.39, 0.29) is 28.2 Å². The van der Waals surface area contributed by atoms with E-state index >= 15 is 0 Å². The average Bonchev–Trinajstić information content (AvgIpc) is 3.43. The summed E-state index contributed by atoms with van der Waals surface area (Å²) in [5, 5.41) is 2.83. The summed E-state index contributed by atoms with van der Waals surface area (Å²) in [5.41, 5.74) is 3.67. The summed E-state index contributed by atoms with van der Waals surface area (Å²) in [5.74, 6) is -1.47. The molecule has 1 amide bonds. The number of nitrogens with one attached hydrogen (secondary N) is 1. The van der Waals surface area contributed by atoms with Crippen LogP contribution in [0.4, 0.5) is 10.1 Å². The summed E-state index contributed by atoms with van der Waals surface area (Å²) >= 11 is 1.09. The third kappa shape index (κ3) is 4.11. The first-order valence-corrected chi connectivity index (χ1v) is 13.2. The Balaban J connectivity index is 1.72. The molecule has 2 aliphatic rings. The lowest BCUT2D eigenvalue weighted by molar-refractivity contribution is -0.138. The zero-order valence-corrected chi connectivity index (χ0v) is 21.8. The van der Waals surface area contributed by atoms with Crippen molar-refractivity contribution >= 4 is 40.2 Å². The Morgan fingerprint density at radius 3 is 2.54 bits per heavy atom. The van der Waals surface area contributed by atoms with Gasteiger partial charge in [-0.3, -0.25) is 14.2 Å². The van der Waals surface area contributed by atoms with Crippen LogP contribution in [0.25, 0.3) is 11.3 Å². The molecule has 0 bridgehead atoms. The standard InChI is InChI=1S/C30H22FN3O4S/c1-3-38-29(37)23-24(17-7-5-4-6-8-17)33-30-34(25(23)18-10-12-19(31)13-11-18)28(36)26(39-30)22-20-15-16(2)9-14-21(20)32-27(22)35/h4-15,25H,3H2,1-2H3,(H,32,35)/b26-22-/t25-/m0/s1. The molecule has 4 aromatic rings. The first kappa shape index (κ1) is 24.7. The Hall–Kier alpha value is -4.63. The molecule has 1 N–H and O–H groups in total.